The summed E-state index contributed by atoms with van der Waals surface area (Å²) < 4.78 is 0. The molecule has 4 amide bonds. The lowest BCUT2D eigenvalue weighted by molar-refractivity contribution is -0.143. The number of thioether (sulfide) groups is 1. The lowest BCUT2D eigenvalue weighted by Gasteiger charge is -2.26. The highest BCUT2D eigenvalue weighted by atomic mass is 32.2. The van der Waals surface area contributed by atoms with Crippen molar-refractivity contribution < 1.29 is 34.2 Å². The van der Waals surface area contributed by atoms with Gasteiger partial charge in [-0.25, -0.2) is 4.79 Å². The van der Waals surface area contributed by atoms with Crippen LogP contribution in [0.3, 0.4) is 0 Å². The highest BCUT2D eigenvalue weighted by Crippen LogP contribution is 2.05. The highest BCUT2D eigenvalue weighted by molar-refractivity contribution is 7.98. The summed E-state index contributed by atoms with van der Waals surface area (Å²) in [5, 5.41) is 26.1. The fourth-order valence-electron chi connectivity index (χ4n) is 2.74. The Hall–Kier alpha value is -2.42. The van der Waals surface area contributed by atoms with Crippen LogP contribution in [-0.4, -0.2) is 88.6 Å². The van der Waals surface area contributed by atoms with Crippen LogP contribution in [0.5, 0.6) is 0 Å². The van der Waals surface area contributed by atoms with Crippen LogP contribution >= 0.6 is 11.8 Å². The number of hydrogen-bond acceptors (Lipinski definition) is 9. The molecule has 13 nitrogen and oxygen atoms in total. The normalized spacial score (nSPS) is 15.4. The number of carbonyl (C=O) groups is 5. The molecule has 0 spiro atoms. The number of aliphatic carboxylic acids is 1. The molecule has 0 radical (unpaired) electrons. The van der Waals surface area contributed by atoms with E-state index in [0.29, 0.717) is 31.6 Å². The zero-order valence-electron chi connectivity index (χ0n) is 18.9. The Morgan fingerprint density at radius 1 is 0.939 bits per heavy atom. The number of amides is 4. The fraction of sp³-hybridized carbons (Fsp3) is 0.737. The number of primary amides is 1. The summed E-state index contributed by atoms with van der Waals surface area (Å²) in [5.41, 5.74) is 16.3. The van der Waals surface area contributed by atoms with Crippen molar-refractivity contribution in [2.24, 2.45) is 17.2 Å². The largest absolute Gasteiger partial charge is 0.480 e. The van der Waals surface area contributed by atoms with Crippen LogP contribution in [0.2, 0.25) is 0 Å². The van der Waals surface area contributed by atoms with Gasteiger partial charge in [0.1, 0.15) is 18.1 Å². The van der Waals surface area contributed by atoms with E-state index in [0.717, 1.165) is 0 Å². The molecule has 0 fully saturated rings. The molecule has 14 heteroatoms. The molecule has 0 rings (SSSR count). The molecule has 0 aromatic rings. The molecule has 33 heavy (non-hydrogen) atoms. The number of carboxylic acids is 1. The Labute approximate surface area is 196 Å². The maximum absolute atomic E-state index is 12.7. The Morgan fingerprint density at radius 2 is 1.55 bits per heavy atom. The van der Waals surface area contributed by atoms with Crippen LogP contribution in [0.15, 0.2) is 0 Å². The molecular weight excluding hydrogens is 456 g/mol. The Bertz CT molecular complexity index is 679. The number of carboxylic acid groups (broad SMARTS) is 1. The summed E-state index contributed by atoms with van der Waals surface area (Å²) in [6.07, 6.45) is 1.29. The quantitative estimate of drug-likeness (QED) is 0.0956. The van der Waals surface area contributed by atoms with E-state index in [2.05, 4.69) is 16.0 Å². The number of aliphatic hydroxyl groups excluding tert-OH is 1. The second-order valence-corrected chi connectivity index (χ2v) is 8.52. The third kappa shape index (κ3) is 12.4. The van der Waals surface area contributed by atoms with Crippen LogP contribution in [0, 0.1) is 0 Å². The van der Waals surface area contributed by atoms with Gasteiger partial charge in [-0.3, -0.25) is 19.2 Å². The van der Waals surface area contributed by atoms with Gasteiger partial charge < -0.3 is 43.4 Å². The maximum Gasteiger partial charge on any atom is 0.326 e. The van der Waals surface area contributed by atoms with Crippen molar-refractivity contribution in [3.63, 3.8) is 0 Å². The van der Waals surface area contributed by atoms with E-state index >= 15 is 0 Å². The number of aliphatic hydroxyl groups is 1. The van der Waals surface area contributed by atoms with E-state index < -0.39 is 66.3 Å². The number of hydrogen-bond donors (Lipinski definition) is 8. The third-order valence-corrected chi connectivity index (χ3v) is 5.28. The Balaban J connectivity index is 5.34. The summed E-state index contributed by atoms with van der Waals surface area (Å²) in [6.45, 7) is 1.58. The molecule has 0 heterocycles. The number of nitrogens with two attached hydrogens (primary N) is 3. The molecule has 0 aliphatic carbocycles. The second kappa shape index (κ2) is 16.2. The van der Waals surface area contributed by atoms with Gasteiger partial charge in [-0.15, -0.1) is 0 Å². The standard InChI is InChI=1S/C19H36N6O7S/c1-10(26)15(18(30)23-12(19(31)32)5-3-4-7-20)25-17(29)13(9-14(22)27)24-16(28)11(21)6-8-33-2/h10-13,15,26H,3-9,20-21H2,1-2H3,(H2,22,27)(H,23,30)(H,24,28)(H,25,29)(H,31,32). The van der Waals surface area contributed by atoms with Gasteiger partial charge in [0.2, 0.25) is 23.6 Å². The number of rotatable bonds is 17. The van der Waals surface area contributed by atoms with Crippen molar-refractivity contribution in [3.8, 4) is 0 Å². The molecule has 190 valence electrons. The molecule has 11 N–H and O–H groups in total. The van der Waals surface area contributed by atoms with Gasteiger partial charge in [0.25, 0.3) is 0 Å². The highest BCUT2D eigenvalue weighted by Gasteiger charge is 2.33. The van der Waals surface area contributed by atoms with E-state index in [1.165, 1.54) is 18.7 Å². The molecular formula is C19H36N6O7S. The molecule has 0 aromatic heterocycles. The minimum atomic E-state index is -1.55. The van der Waals surface area contributed by atoms with Gasteiger partial charge in [-0.05, 0) is 51.2 Å². The summed E-state index contributed by atoms with van der Waals surface area (Å²) in [7, 11) is 0. The molecule has 0 saturated heterocycles. The van der Waals surface area contributed by atoms with E-state index in [1.807, 2.05) is 6.26 Å². The van der Waals surface area contributed by atoms with Gasteiger partial charge in [-0.1, -0.05) is 0 Å². The first kappa shape index (κ1) is 30.6. The van der Waals surface area contributed by atoms with Crippen molar-refractivity contribution in [2.45, 2.75) is 69.3 Å². The SMILES string of the molecule is CSCCC(N)C(=O)NC(CC(N)=O)C(=O)NC(C(=O)NC(CCCCN)C(=O)O)C(C)O. The average molecular weight is 493 g/mol. The average Bonchev–Trinajstić information content (AvgIpc) is 2.73. The minimum Gasteiger partial charge on any atom is -0.480 e. The fourth-order valence-corrected chi connectivity index (χ4v) is 3.23. The summed E-state index contributed by atoms with van der Waals surface area (Å²) >= 11 is 1.48. The number of nitrogens with one attached hydrogen (secondary N) is 3. The summed E-state index contributed by atoms with van der Waals surface area (Å²) in [5.74, 6) is -4.17. The third-order valence-electron chi connectivity index (χ3n) is 4.63. The van der Waals surface area contributed by atoms with Crippen LogP contribution in [0.4, 0.5) is 0 Å². The van der Waals surface area contributed by atoms with Gasteiger partial charge in [-0.2, -0.15) is 11.8 Å². The number of carbonyl (C=O) groups excluding carboxylic acids is 4. The first-order valence-electron chi connectivity index (χ1n) is 10.5. The van der Waals surface area contributed by atoms with Crippen molar-refractivity contribution in [1.82, 2.24) is 16.0 Å². The first-order valence-corrected chi connectivity index (χ1v) is 11.9. The van der Waals surface area contributed by atoms with Crippen molar-refractivity contribution in [3.05, 3.63) is 0 Å². The zero-order valence-corrected chi connectivity index (χ0v) is 19.7. The van der Waals surface area contributed by atoms with Crippen LogP contribution in [0.1, 0.15) is 39.0 Å². The first-order chi connectivity index (χ1) is 15.4. The topological polar surface area (TPSA) is 240 Å². The summed E-state index contributed by atoms with van der Waals surface area (Å²) in [4.78, 5) is 60.4. The lowest BCUT2D eigenvalue weighted by Crippen LogP contribution is -2.60. The van der Waals surface area contributed by atoms with E-state index in [9.17, 15) is 34.2 Å². The molecule has 0 bridgehead atoms. The molecule has 0 aliphatic heterocycles. The van der Waals surface area contributed by atoms with Crippen molar-refractivity contribution in [2.75, 3.05) is 18.6 Å². The Morgan fingerprint density at radius 3 is 2.03 bits per heavy atom. The molecule has 0 aromatic carbocycles. The maximum atomic E-state index is 12.7. The van der Waals surface area contributed by atoms with Crippen molar-refractivity contribution in [1.29, 1.82) is 0 Å². The van der Waals surface area contributed by atoms with Crippen molar-refractivity contribution >= 4 is 41.4 Å². The van der Waals surface area contributed by atoms with E-state index in [4.69, 9.17) is 17.2 Å². The van der Waals surface area contributed by atoms with Crippen LogP contribution in [0.25, 0.3) is 0 Å². The predicted molar refractivity (Wildman–Crippen MR) is 123 cm³/mol. The van der Waals surface area contributed by atoms with E-state index in [1.54, 1.807) is 0 Å². The van der Waals surface area contributed by atoms with Gasteiger partial charge in [0.15, 0.2) is 0 Å². The van der Waals surface area contributed by atoms with Gasteiger partial charge in [0.05, 0.1) is 18.6 Å². The minimum absolute atomic E-state index is 0.104. The smallest absolute Gasteiger partial charge is 0.326 e. The van der Waals surface area contributed by atoms with E-state index in [-0.39, 0.29) is 6.42 Å². The van der Waals surface area contributed by atoms with Crippen LogP contribution in [-0.2, 0) is 24.0 Å². The number of unbranched alkanes of at least 4 members (excludes halogenated alkanes) is 1. The lowest BCUT2D eigenvalue weighted by atomic mass is 10.1. The molecule has 5 unspecified atom stereocenters. The second-order valence-electron chi connectivity index (χ2n) is 7.53. The molecule has 0 saturated carbocycles. The molecule has 0 aliphatic rings. The van der Waals surface area contributed by atoms with Gasteiger partial charge in [0, 0.05) is 0 Å². The zero-order chi connectivity index (χ0) is 25.6. The van der Waals surface area contributed by atoms with Gasteiger partial charge >= 0.3 is 5.97 Å². The predicted octanol–water partition coefficient (Wildman–Crippen LogP) is -3.01. The Kier molecular flexibility index (Phi) is 15.0. The summed E-state index contributed by atoms with van der Waals surface area (Å²) in [6, 6.07) is -5.17. The molecule has 5 atom stereocenters. The van der Waals surface area contributed by atoms with Crippen LogP contribution < -0.4 is 33.2 Å². The monoisotopic (exact) mass is 492 g/mol.